The molecule has 2 aromatic rings. The van der Waals surface area contributed by atoms with Crippen molar-refractivity contribution >= 4 is 44.7 Å². The number of nitrogens with two attached hydrogens (primary N) is 1. The van der Waals surface area contributed by atoms with Gasteiger partial charge in [0.1, 0.15) is 15.7 Å². The lowest BCUT2D eigenvalue weighted by Gasteiger charge is -1.99. The minimum atomic E-state index is -4.22. The van der Waals surface area contributed by atoms with Gasteiger partial charge in [-0.3, -0.25) is 14.1 Å². The van der Waals surface area contributed by atoms with E-state index >= 15 is 0 Å². The molecule has 10 heteroatoms. The van der Waals surface area contributed by atoms with Crippen LogP contribution in [0.25, 0.3) is 10.6 Å². The van der Waals surface area contributed by atoms with Gasteiger partial charge in [0.05, 0.1) is 17.9 Å². The molecule has 0 aliphatic carbocycles. The summed E-state index contributed by atoms with van der Waals surface area (Å²) in [6.45, 7) is 0. The molecule has 0 saturated heterocycles. The summed E-state index contributed by atoms with van der Waals surface area (Å²) in [5.74, 6) is -1.86. The Kier molecular flexibility index (Phi) is 5.70. The molecule has 0 radical (unpaired) electrons. The molecule has 1 aromatic heterocycles. The largest absolute Gasteiger partial charge is 0.365 e. The number of rotatable bonds is 7. The first-order valence-corrected chi connectivity index (χ1v) is 9.48. The Hall–Kier alpha value is -1.81. The van der Waals surface area contributed by atoms with Gasteiger partial charge in [-0.05, 0) is 12.1 Å². The topological polar surface area (TPSA) is 127 Å². The highest BCUT2D eigenvalue weighted by molar-refractivity contribution is 7.85. The third-order valence-corrected chi connectivity index (χ3v) is 5.15. The van der Waals surface area contributed by atoms with Gasteiger partial charge in [-0.25, -0.2) is 4.98 Å². The number of hydrogen-bond acceptors (Lipinski definition) is 6. The summed E-state index contributed by atoms with van der Waals surface area (Å²) in [5.41, 5.74) is 6.22. The predicted octanol–water partition coefficient (Wildman–Crippen LogP) is 1.95. The van der Waals surface area contributed by atoms with Crippen LogP contribution in [0.2, 0.25) is 5.02 Å². The number of halogens is 1. The molecular weight excluding hydrogens is 376 g/mol. The summed E-state index contributed by atoms with van der Waals surface area (Å²) in [6, 6.07) is 6.77. The first-order valence-electron chi connectivity index (χ1n) is 6.68. The van der Waals surface area contributed by atoms with Crippen LogP contribution in [-0.2, 0) is 21.3 Å². The Morgan fingerprint density at radius 1 is 1.25 bits per heavy atom. The summed E-state index contributed by atoms with van der Waals surface area (Å²) >= 11 is 6.86. The molecule has 0 saturated carbocycles. The normalized spacial score (nSPS) is 11.4. The van der Waals surface area contributed by atoms with Crippen molar-refractivity contribution in [3.8, 4) is 10.6 Å². The van der Waals surface area contributed by atoms with E-state index in [4.69, 9.17) is 21.9 Å². The Morgan fingerprint density at radius 2 is 1.88 bits per heavy atom. The SMILES string of the molecule is NC(=O)c1sc(-c2ccc(Cl)cc2)nc1CC(=O)CCS(=O)(=O)O. The molecule has 7 nitrogen and oxygen atoms in total. The third-order valence-electron chi connectivity index (χ3n) is 3.02. The molecule has 128 valence electrons. The molecule has 2 rings (SSSR count). The van der Waals surface area contributed by atoms with E-state index in [1.807, 2.05) is 0 Å². The fraction of sp³-hybridized carbons (Fsp3) is 0.214. The van der Waals surface area contributed by atoms with Crippen molar-refractivity contribution < 1.29 is 22.6 Å². The number of hydrogen-bond donors (Lipinski definition) is 2. The Bertz CT molecular complexity index is 875. The summed E-state index contributed by atoms with van der Waals surface area (Å²) < 4.78 is 30.0. The zero-order chi connectivity index (χ0) is 17.9. The second-order valence-corrected chi connectivity index (χ2v) is 7.93. The predicted molar refractivity (Wildman–Crippen MR) is 90.8 cm³/mol. The van der Waals surface area contributed by atoms with E-state index in [-0.39, 0.29) is 23.4 Å². The number of nitrogens with zero attached hydrogens (tertiary/aromatic N) is 1. The van der Waals surface area contributed by atoms with Crippen molar-refractivity contribution in [1.29, 1.82) is 0 Å². The molecule has 1 amide bonds. The van der Waals surface area contributed by atoms with E-state index < -0.39 is 27.6 Å². The van der Waals surface area contributed by atoms with E-state index in [9.17, 15) is 18.0 Å². The lowest BCUT2D eigenvalue weighted by atomic mass is 10.1. The van der Waals surface area contributed by atoms with Gasteiger partial charge in [-0.1, -0.05) is 23.7 Å². The maximum atomic E-state index is 11.8. The van der Waals surface area contributed by atoms with Crippen LogP contribution in [-0.4, -0.2) is 35.4 Å². The first-order chi connectivity index (χ1) is 11.2. The minimum absolute atomic E-state index is 0.139. The van der Waals surface area contributed by atoms with Crippen molar-refractivity contribution in [1.82, 2.24) is 4.98 Å². The maximum Gasteiger partial charge on any atom is 0.265 e. The van der Waals surface area contributed by atoms with Crippen LogP contribution in [0.5, 0.6) is 0 Å². The fourth-order valence-electron chi connectivity index (χ4n) is 1.90. The van der Waals surface area contributed by atoms with Gasteiger partial charge in [-0.2, -0.15) is 8.42 Å². The number of carbonyl (C=O) groups excluding carboxylic acids is 2. The molecular formula is C14H13ClN2O5S2. The van der Waals surface area contributed by atoms with Crippen molar-refractivity contribution in [2.45, 2.75) is 12.8 Å². The number of Topliss-reactive ketones (excluding diaryl/α,β-unsaturated/α-hetero) is 1. The van der Waals surface area contributed by atoms with Gasteiger partial charge in [0.15, 0.2) is 0 Å². The van der Waals surface area contributed by atoms with E-state index in [0.717, 1.165) is 11.3 Å². The number of amides is 1. The monoisotopic (exact) mass is 388 g/mol. The molecule has 0 unspecified atom stereocenters. The maximum absolute atomic E-state index is 11.8. The van der Waals surface area contributed by atoms with Gasteiger partial charge < -0.3 is 5.73 Å². The highest BCUT2D eigenvalue weighted by atomic mass is 35.5. The molecule has 24 heavy (non-hydrogen) atoms. The number of ketones is 1. The zero-order valence-corrected chi connectivity index (χ0v) is 14.6. The van der Waals surface area contributed by atoms with Crippen LogP contribution in [0.4, 0.5) is 0 Å². The quantitative estimate of drug-likeness (QED) is 0.698. The van der Waals surface area contributed by atoms with Gasteiger partial charge in [-0.15, -0.1) is 11.3 Å². The molecule has 3 N–H and O–H groups in total. The lowest BCUT2D eigenvalue weighted by molar-refractivity contribution is -0.118. The number of carbonyl (C=O) groups is 2. The third kappa shape index (κ3) is 5.10. The highest BCUT2D eigenvalue weighted by Crippen LogP contribution is 2.29. The highest BCUT2D eigenvalue weighted by Gasteiger charge is 2.20. The van der Waals surface area contributed by atoms with Crippen LogP contribution in [0.3, 0.4) is 0 Å². The molecule has 0 fully saturated rings. The molecule has 1 heterocycles. The van der Waals surface area contributed by atoms with E-state index in [1.54, 1.807) is 24.3 Å². The van der Waals surface area contributed by atoms with Crippen molar-refractivity contribution in [2.75, 3.05) is 5.75 Å². The molecule has 1 aromatic carbocycles. The molecule has 0 aliphatic rings. The van der Waals surface area contributed by atoms with Crippen molar-refractivity contribution in [3.05, 3.63) is 39.9 Å². The number of benzene rings is 1. The zero-order valence-electron chi connectivity index (χ0n) is 12.2. The second kappa shape index (κ2) is 7.39. The smallest absolute Gasteiger partial charge is 0.265 e. The fourth-order valence-corrected chi connectivity index (χ4v) is 3.45. The van der Waals surface area contributed by atoms with Crippen LogP contribution < -0.4 is 5.73 Å². The van der Waals surface area contributed by atoms with Crippen molar-refractivity contribution in [3.63, 3.8) is 0 Å². The molecule has 0 aliphatic heterocycles. The van der Waals surface area contributed by atoms with Gasteiger partial charge >= 0.3 is 0 Å². The summed E-state index contributed by atoms with van der Waals surface area (Å²) in [7, 11) is -4.22. The van der Waals surface area contributed by atoms with Crippen LogP contribution in [0.1, 0.15) is 21.8 Å². The number of primary amides is 1. The molecule has 0 atom stereocenters. The standard InChI is InChI=1S/C14H13ClN2O5S2/c15-9-3-1-8(2-4-9)14-17-11(12(23-14)13(16)19)7-10(18)5-6-24(20,21)22/h1-4H,5-7H2,(H2,16,19)(H,20,21,22). The van der Waals surface area contributed by atoms with Crippen molar-refractivity contribution in [2.24, 2.45) is 5.73 Å². The van der Waals surface area contributed by atoms with Crippen LogP contribution >= 0.6 is 22.9 Å². The Morgan fingerprint density at radius 3 is 2.42 bits per heavy atom. The van der Waals surface area contributed by atoms with E-state index in [2.05, 4.69) is 4.98 Å². The Labute approximate surface area is 147 Å². The number of aromatic nitrogens is 1. The average molecular weight is 389 g/mol. The summed E-state index contributed by atoms with van der Waals surface area (Å²) in [6.07, 6.45) is -0.608. The first kappa shape index (κ1) is 18.5. The molecule has 0 spiro atoms. The van der Waals surface area contributed by atoms with E-state index in [0.29, 0.717) is 15.6 Å². The average Bonchev–Trinajstić information content (AvgIpc) is 2.89. The van der Waals surface area contributed by atoms with Gasteiger partial charge in [0.25, 0.3) is 16.0 Å². The van der Waals surface area contributed by atoms with Crippen LogP contribution in [0, 0.1) is 0 Å². The summed E-state index contributed by atoms with van der Waals surface area (Å²) in [4.78, 5) is 27.8. The van der Waals surface area contributed by atoms with Gasteiger partial charge in [0, 0.05) is 17.0 Å². The summed E-state index contributed by atoms with van der Waals surface area (Å²) in [5, 5.41) is 1.05. The van der Waals surface area contributed by atoms with Gasteiger partial charge in [0.2, 0.25) is 0 Å². The lowest BCUT2D eigenvalue weighted by Crippen LogP contribution is -2.15. The number of thiazole rings is 1. The molecule has 0 bridgehead atoms. The van der Waals surface area contributed by atoms with Crippen LogP contribution in [0.15, 0.2) is 24.3 Å². The second-order valence-electron chi connectivity index (χ2n) is 4.92. The Balaban J connectivity index is 2.24. The minimum Gasteiger partial charge on any atom is -0.365 e. The van der Waals surface area contributed by atoms with E-state index in [1.165, 1.54) is 0 Å².